The lowest BCUT2D eigenvalue weighted by atomic mass is 10.0. The van der Waals surface area contributed by atoms with Crippen molar-refractivity contribution in [2.75, 3.05) is 11.9 Å². The van der Waals surface area contributed by atoms with E-state index in [-0.39, 0.29) is 12.6 Å². The first-order valence-electron chi connectivity index (χ1n) is 7.62. The molecule has 7 heteroatoms. The maximum Gasteiger partial charge on any atom is 0.319 e. The molecule has 0 aliphatic carbocycles. The number of nitrogens with one attached hydrogen (secondary N) is 2. The molecule has 0 fully saturated rings. The van der Waals surface area contributed by atoms with Gasteiger partial charge in [0.25, 0.3) is 0 Å². The summed E-state index contributed by atoms with van der Waals surface area (Å²) in [6, 6.07) is 6.75. The molecule has 124 valence electrons. The Kier molecular flexibility index (Phi) is 5.33. The van der Waals surface area contributed by atoms with Crippen molar-refractivity contribution in [2.45, 2.75) is 39.2 Å². The van der Waals surface area contributed by atoms with Gasteiger partial charge in [-0.1, -0.05) is 13.8 Å². The van der Waals surface area contributed by atoms with Gasteiger partial charge in [-0.15, -0.1) is 10.2 Å². The lowest BCUT2D eigenvalue weighted by Crippen LogP contribution is -2.50. The van der Waals surface area contributed by atoms with E-state index in [0.29, 0.717) is 30.3 Å². The molecule has 7 nitrogen and oxygen atoms in total. The van der Waals surface area contributed by atoms with Gasteiger partial charge in [-0.05, 0) is 37.6 Å². The summed E-state index contributed by atoms with van der Waals surface area (Å²) in [7, 11) is 0. The SMILES string of the molecule is CCc1nnc(-c2ccc(NC(=O)NC(C)(CC)CO)cc2)o1. The molecule has 2 aromatic rings. The first-order valence-corrected chi connectivity index (χ1v) is 7.62. The molecule has 1 unspecified atom stereocenters. The minimum atomic E-state index is -0.635. The van der Waals surface area contributed by atoms with Crippen LogP contribution >= 0.6 is 0 Å². The zero-order chi connectivity index (χ0) is 16.9. The predicted molar refractivity (Wildman–Crippen MR) is 87.0 cm³/mol. The molecular weight excluding hydrogens is 296 g/mol. The molecule has 2 amide bonds. The number of aliphatic hydroxyl groups is 1. The number of benzene rings is 1. The molecule has 0 saturated heterocycles. The van der Waals surface area contributed by atoms with Gasteiger partial charge in [-0.25, -0.2) is 4.79 Å². The van der Waals surface area contributed by atoms with Crippen LogP contribution in [0.3, 0.4) is 0 Å². The van der Waals surface area contributed by atoms with E-state index in [9.17, 15) is 9.90 Å². The van der Waals surface area contributed by atoms with Gasteiger partial charge in [-0.2, -0.15) is 0 Å². The molecule has 0 saturated carbocycles. The second kappa shape index (κ2) is 7.23. The summed E-state index contributed by atoms with van der Waals surface area (Å²) >= 11 is 0. The fourth-order valence-corrected chi connectivity index (χ4v) is 1.89. The predicted octanol–water partition coefficient (Wildman–Crippen LogP) is 2.58. The third kappa shape index (κ3) is 4.29. The van der Waals surface area contributed by atoms with E-state index in [2.05, 4.69) is 20.8 Å². The Labute approximate surface area is 135 Å². The number of amides is 2. The maximum absolute atomic E-state index is 12.0. The summed E-state index contributed by atoms with van der Waals surface area (Å²) in [6.45, 7) is 5.52. The van der Waals surface area contributed by atoms with Gasteiger partial charge >= 0.3 is 6.03 Å². The highest BCUT2D eigenvalue weighted by atomic mass is 16.4. The zero-order valence-electron chi connectivity index (χ0n) is 13.6. The van der Waals surface area contributed by atoms with Crippen LogP contribution < -0.4 is 10.6 Å². The van der Waals surface area contributed by atoms with Crippen molar-refractivity contribution in [3.05, 3.63) is 30.2 Å². The van der Waals surface area contributed by atoms with Crippen molar-refractivity contribution in [2.24, 2.45) is 0 Å². The lowest BCUT2D eigenvalue weighted by molar-refractivity contribution is 0.172. The molecular formula is C16H22N4O3. The average Bonchev–Trinajstić information content (AvgIpc) is 3.04. The Bertz CT molecular complexity index is 648. The van der Waals surface area contributed by atoms with Crippen LogP contribution in [0, 0.1) is 0 Å². The van der Waals surface area contributed by atoms with Gasteiger partial charge in [0.1, 0.15) is 0 Å². The van der Waals surface area contributed by atoms with Crippen LogP contribution in [0.4, 0.5) is 10.5 Å². The summed E-state index contributed by atoms with van der Waals surface area (Å²) in [5, 5.41) is 22.7. The third-order valence-electron chi connectivity index (χ3n) is 3.70. The van der Waals surface area contributed by atoms with Gasteiger partial charge < -0.3 is 20.2 Å². The number of carbonyl (C=O) groups is 1. The van der Waals surface area contributed by atoms with Gasteiger partial charge in [0.15, 0.2) is 0 Å². The van der Waals surface area contributed by atoms with Crippen molar-refractivity contribution >= 4 is 11.7 Å². The van der Waals surface area contributed by atoms with E-state index in [4.69, 9.17) is 4.42 Å². The molecule has 1 atom stereocenters. The van der Waals surface area contributed by atoms with Crippen LogP contribution in [0.15, 0.2) is 28.7 Å². The number of aromatic nitrogens is 2. The summed E-state index contributed by atoms with van der Waals surface area (Å²) in [6.07, 6.45) is 1.32. The van der Waals surface area contributed by atoms with E-state index in [1.54, 1.807) is 31.2 Å². The second-order valence-electron chi connectivity index (χ2n) is 5.58. The number of rotatable bonds is 6. The number of hydrogen-bond donors (Lipinski definition) is 3. The van der Waals surface area contributed by atoms with Gasteiger partial charge in [0, 0.05) is 17.7 Å². The van der Waals surface area contributed by atoms with E-state index < -0.39 is 5.54 Å². The van der Waals surface area contributed by atoms with E-state index in [1.165, 1.54) is 0 Å². The Morgan fingerprint density at radius 1 is 1.26 bits per heavy atom. The summed E-state index contributed by atoms with van der Waals surface area (Å²) in [5.74, 6) is 1.04. The maximum atomic E-state index is 12.0. The first kappa shape index (κ1) is 17.0. The van der Waals surface area contributed by atoms with Crippen molar-refractivity contribution in [1.29, 1.82) is 0 Å². The fraction of sp³-hybridized carbons (Fsp3) is 0.438. The lowest BCUT2D eigenvalue weighted by Gasteiger charge is -2.27. The highest BCUT2D eigenvalue weighted by Gasteiger charge is 2.23. The molecule has 1 heterocycles. The number of carbonyl (C=O) groups excluding carboxylic acids is 1. The molecule has 23 heavy (non-hydrogen) atoms. The fourth-order valence-electron chi connectivity index (χ4n) is 1.89. The van der Waals surface area contributed by atoms with E-state index in [0.717, 1.165) is 5.56 Å². The van der Waals surface area contributed by atoms with Crippen molar-refractivity contribution in [1.82, 2.24) is 15.5 Å². The average molecular weight is 318 g/mol. The molecule has 1 aromatic heterocycles. The van der Waals surface area contributed by atoms with E-state index in [1.807, 2.05) is 13.8 Å². The largest absolute Gasteiger partial charge is 0.421 e. The molecule has 0 bridgehead atoms. The molecule has 0 spiro atoms. The Morgan fingerprint density at radius 3 is 2.48 bits per heavy atom. The van der Waals surface area contributed by atoms with Crippen molar-refractivity contribution in [3.8, 4) is 11.5 Å². The van der Waals surface area contributed by atoms with Crippen LogP contribution in [0.2, 0.25) is 0 Å². The van der Waals surface area contributed by atoms with Gasteiger partial charge in [0.2, 0.25) is 11.8 Å². The molecule has 3 N–H and O–H groups in total. The number of urea groups is 1. The number of hydrogen-bond acceptors (Lipinski definition) is 5. The topological polar surface area (TPSA) is 100 Å². The zero-order valence-corrected chi connectivity index (χ0v) is 13.6. The smallest absolute Gasteiger partial charge is 0.319 e. The summed E-state index contributed by atoms with van der Waals surface area (Å²) in [5.41, 5.74) is 0.791. The quantitative estimate of drug-likeness (QED) is 0.760. The summed E-state index contributed by atoms with van der Waals surface area (Å²) < 4.78 is 5.49. The highest BCUT2D eigenvalue weighted by Crippen LogP contribution is 2.20. The first-order chi connectivity index (χ1) is 11.0. The van der Waals surface area contributed by atoms with E-state index >= 15 is 0 Å². The Balaban J connectivity index is 2.01. The molecule has 1 aromatic carbocycles. The van der Waals surface area contributed by atoms with Crippen LogP contribution in [-0.4, -0.2) is 33.5 Å². The van der Waals surface area contributed by atoms with Gasteiger partial charge in [0.05, 0.1) is 12.1 Å². The Morgan fingerprint density at radius 2 is 1.96 bits per heavy atom. The molecule has 2 rings (SSSR count). The van der Waals surface area contributed by atoms with Gasteiger partial charge in [-0.3, -0.25) is 0 Å². The minimum Gasteiger partial charge on any atom is -0.421 e. The number of aryl methyl sites for hydroxylation is 1. The second-order valence-corrected chi connectivity index (χ2v) is 5.58. The molecule has 0 radical (unpaired) electrons. The van der Waals surface area contributed by atoms with Crippen LogP contribution in [-0.2, 0) is 6.42 Å². The Hall–Kier alpha value is -2.41. The molecule has 0 aliphatic rings. The standard InChI is InChI=1S/C16H22N4O3/c1-4-13-19-20-14(23-13)11-6-8-12(9-7-11)17-15(22)18-16(3,5-2)10-21/h6-9,21H,4-5,10H2,1-3H3,(H2,17,18,22). The van der Waals surface area contributed by atoms with Crippen molar-refractivity contribution < 1.29 is 14.3 Å². The monoisotopic (exact) mass is 318 g/mol. The van der Waals surface area contributed by atoms with Crippen molar-refractivity contribution in [3.63, 3.8) is 0 Å². The highest BCUT2D eigenvalue weighted by molar-refractivity contribution is 5.90. The number of nitrogens with zero attached hydrogens (tertiary/aromatic N) is 2. The minimum absolute atomic E-state index is 0.118. The normalized spacial score (nSPS) is 13.4. The van der Waals surface area contributed by atoms with Crippen LogP contribution in [0.5, 0.6) is 0 Å². The molecule has 0 aliphatic heterocycles. The third-order valence-corrected chi connectivity index (χ3v) is 3.70. The number of anilines is 1. The van der Waals surface area contributed by atoms with Crippen LogP contribution in [0.1, 0.15) is 33.1 Å². The van der Waals surface area contributed by atoms with Crippen LogP contribution in [0.25, 0.3) is 11.5 Å². The number of aliphatic hydroxyl groups excluding tert-OH is 1. The summed E-state index contributed by atoms with van der Waals surface area (Å²) in [4.78, 5) is 12.0.